The van der Waals surface area contributed by atoms with Crippen LogP contribution in [0.15, 0.2) is 42.5 Å². The summed E-state index contributed by atoms with van der Waals surface area (Å²) in [5.74, 6) is -1.46. The molecule has 1 amide bonds. The molecule has 0 aliphatic carbocycles. The molecular weight excluding hydrogens is 338 g/mol. The van der Waals surface area contributed by atoms with Gasteiger partial charge < -0.3 is 19.9 Å². The number of phenols is 1. The van der Waals surface area contributed by atoms with Gasteiger partial charge in [-0.3, -0.25) is 9.59 Å². The largest absolute Gasteiger partial charge is 0.507 e. The molecule has 0 aliphatic heterocycles. The first-order valence-electron chi connectivity index (χ1n) is 7.81. The van der Waals surface area contributed by atoms with E-state index in [0.717, 1.165) is 0 Å². The third kappa shape index (κ3) is 4.60. The lowest BCUT2D eigenvalue weighted by molar-refractivity contribution is -0.123. The number of rotatable bonds is 6. The van der Waals surface area contributed by atoms with E-state index in [9.17, 15) is 19.5 Å². The fourth-order valence-corrected chi connectivity index (χ4v) is 2.15. The molecule has 7 nitrogen and oxygen atoms in total. The molecular formula is C19H19NO6. The van der Waals surface area contributed by atoms with Crippen LogP contribution >= 0.6 is 0 Å². The molecule has 0 saturated heterocycles. The third-order valence-corrected chi connectivity index (χ3v) is 3.61. The van der Waals surface area contributed by atoms with Gasteiger partial charge in [0.25, 0.3) is 5.91 Å². The molecule has 0 fully saturated rings. The standard InChI is InChI=1S/C19H19NO6/c1-11(21)13-5-4-6-14(9-13)20-18(23)12(2)26-19(24)16-8-7-15(25-3)10-17(16)22/h4-10,12,22H,1-3H3,(H,20,23). The summed E-state index contributed by atoms with van der Waals surface area (Å²) in [6.07, 6.45) is -1.11. The second-order valence-corrected chi connectivity index (χ2v) is 5.56. The first-order chi connectivity index (χ1) is 12.3. The van der Waals surface area contributed by atoms with Crippen molar-refractivity contribution in [2.45, 2.75) is 20.0 Å². The normalized spacial score (nSPS) is 11.3. The Kier molecular flexibility index (Phi) is 5.95. The van der Waals surface area contributed by atoms with Gasteiger partial charge in [0, 0.05) is 17.3 Å². The Morgan fingerprint density at radius 3 is 2.46 bits per heavy atom. The number of nitrogens with one attached hydrogen (secondary N) is 1. The van der Waals surface area contributed by atoms with Crippen molar-refractivity contribution in [3.8, 4) is 11.5 Å². The van der Waals surface area contributed by atoms with Crippen molar-refractivity contribution < 1.29 is 29.0 Å². The third-order valence-electron chi connectivity index (χ3n) is 3.61. The molecule has 26 heavy (non-hydrogen) atoms. The van der Waals surface area contributed by atoms with Crippen molar-refractivity contribution >= 4 is 23.3 Å². The summed E-state index contributed by atoms with van der Waals surface area (Å²) in [5, 5.41) is 12.4. The first-order valence-corrected chi connectivity index (χ1v) is 7.81. The van der Waals surface area contributed by atoms with Crippen molar-refractivity contribution in [3.63, 3.8) is 0 Å². The Morgan fingerprint density at radius 1 is 1.12 bits per heavy atom. The Bertz CT molecular complexity index is 846. The molecule has 0 spiro atoms. The number of anilines is 1. The number of Topliss-reactive ketones (excluding diaryl/α,β-unsaturated/α-hetero) is 1. The summed E-state index contributed by atoms with van der Waals surface area (Å²) < 4.78 is 10.0. The minimum Gasteiger partial charge on any atom is -0.507 e. The number of hydrogen-bond acceptors (Lipinski definition) is 6. The smallest absolute Gasteiger partial charge is 0.342 e. The topological polar surface area (TPSA) is 102 Å². The maximum absolute atomic E-state index is 12.2. The highest BCUT2D eigenvalue weighted by atomic mass is 16.5. The van der Waals surface area contributed by atoms with Gasteiger partial charge in [0.1, 0.15) is 17.1 Å². The number of aromatic hydroxyl groups is 1. The second kappa shape index (κ2) is 8.15. The Labute approximate surface area is 150 Å². The van der Waals surface area contributed by atoms with Crippen molar-refractivity contribution in [2.75, 3.05) is 12.4 Å². The molecule has 1 unspecified atom stereocenters. The molecule has 0 bridgehead atoms. The Balaban J connectivity index is 2.03. The SMILES string of the molecule is COc1ccc(C(=O)OC(C)C(=O)Nc2cccc(C(C)=O)c2)c(O)c1. The van der Waals surface area contributed by atoms with Crippen molar-refractivity contribution in [3.05, 3.63) is 53.6 Å². The van der Waals surface area contributed by atoms with Crippen LogP contribution in [-0.2, 0) is 9.53 Å². The highest BCUT2D eigenvalue weighted by Gasteiger charge is 2.21. The van der Waals surface area contributed by atoms with Gasteiger partial charge >= 0.3 is 5.97 Å². The highest BCUT2D eigenvalue weighted by molar-refractivity contribution is 6.00. The van der Waals surface area contributed by atoms with E-state index < -0.39 is 18.0 Å². The van der Waals surface area contributed by atoms with Gasteiger partial charge in [0.2, 0.25) is 0 Å². The zero-order chi connectivity index (χ0) is 19.3. The summed E-state index contributed by atoms with van der Waals surface area (Å²) in [6, 6.07) is 10.5. The average molecular weight is 357 g/mol. The number of benzene rings is 2. The van der Waals surface area contributed by atoms with Crippen LogP contribution < -0.4 is 10.1 Å². The van der Waals surface area contributed by atoms with E-state index in [-0.39, 0.29) is 17.1 Å². The number of carbonyl (C=O) groups is 3. The fourth-order valence-electron chi connectivity index (χ4n) is 2.15. The number of hydrogen-bond donors (Lipinski definition) is 2. The van der Waals surface area contributed by atoms with Gasteiger partial charge in [0.05, 0.1) is 7.11 Å². The van der Waals surface area contributed by atoms with Crippen LogP contribution in [0.25, 0.3) is 0 Å². The Morgan fingerprint density at radius 2 is 1.85 bits per heavy atom. The summed E-state index contributed by atoms with van der Waals surface area (Å²) >= 11 is 0. The molecule has 0 saturated carbocycles. The zero-order valence-electron chi connectivity index (χ0n) is 14.6. The van der Waals surface area contributed by atoms with E-state index in [1.165, 1.54) is 45.2 Å². The Hall–Kier alpha value is -3.35. The zero-order valence-corrected chi connectivity index (χ0v) is 14.6. The van der Waals surface area contributed by atoms with Crippen LogP contribution in [0.5, 0.6) is 11.5 Å². The molecule has 2 rings (SSSR count). The lowest BCUT2D eigenvalue weighted by atomic mass is 10.1. The maximum Gasteiger partial charge on any atom is 0.342 e. The quantitative estimate of drug-likeness (QED) is 0.609. The monoisotopic (exact) mass is 357 g/mol. The minimum absolute atomic E-state index is 0.0796. The van der Waals surface area contributed by atoms with E-state index in [1.807, 2.05) is 0 Å². The molecule has 0 aromatic heterocycles. The second-order valence-electron chi connectivity index (χ2n) is 5.56. The van der Waals surface area contributed by atoms with Crippen LogP contribution in [0, 0.1) is 0 Å². The average Bonchev–Trinajstić information content (AvgIpc) is 2.61. The summed E-state index contributed by atoms with van der Waals surface area (Å²) in [7, 11) is 1.43. The molecule has 2 N–H and O–H groups in total. The molecule has 0 aliphatic rings. The molecule has 1 atom stereocenters. The summed E-state index contributed by atoms with van der Waals surface area (Å²) in [6.45, 7) is 2.83. The van der Waals surface area contributed by atoms with E-state index in [2.05, 4.69) is 5.32 Å². The van der Waals surface area contributed by atoms with Gasteiger partial charge in [-0.1, -0.05) is 12.1 Å². The maximum atomic E-state index is 12.2. The predicted molar refractivity (Wildman–Crippen MR) is 94.6 cm³/mol. The summed E-state index contributed by atoms with van der Waals surface area (Å²) in [5.41, 5.74) is 0.789. The van der Waals surface area contributed by atoms with Gasteiger partial charge in [-0.2, -0.15) is 0 Å². The molecule has 0 radical (unpaired) electrons. The van der Waals surface area contributed by atoms with Crippen molar-refractivity contribution in [1.82, 2.24) is 0 Å². The number of phenolic OH excluding ortho intramolecular Hbond substituents is 1. The van der Waals surface area contributed by atoms with E-state index >= 15 is 0 Å². The van der Waals surface area contributed by atoms with Gasteiger partial charge in [-0.25, -0.2) is 4.79 Å². The van der Waals surface area contributed by atoms with Gasteiger partial charge in [-0.15, -0.1) is 0 Å². The van der Waals surface area contributed by atoms with E-state index in [4.69, 9.17) is 9.47 Å². The number of ether oxygens (including phenoxy) is 2. The van der Waals surface area contributed by atoms with Crippen LogP contribution in [-0.4, -0.2) is 36.0 Å². The van der Waals surface area contributed by atoms with Crippen LogP contribution in [0.4, 0.5) is 5.69 Å². The predicted octanol–water partition coefficient (Wildman–Crippen LogP) is 2.79. The first kappa shape index (κ1) is 19.0. The number of esters is 1. The van der Waals surface area contributed by atoms with E-state index in [1.54, 1.807) is 18.2 Å². The molecule has 7 heteroatoms. The fraction of sp³-hybridized carbons (Fsp3) is 0.211. The van der Waals surface area contributed by atoms with Crippen molar-refractivity contribution in [1.29, 1.82) is 0 Å². The van der Waals surface area contributed by atoms with Gasteiger partial charge in [0.15, 0.2) is 11.9 Å². The number of amides is 1. The minimum atomic E-state index is -1.11. The number of methoxy groups -OCH3 is 1. The molecule has 136 valence electrons. The lowest BCUT2D eigenvalue weighted by Crippen LogP contribution is -2.30. The van der Waals surface area contributed by atoms with Crippen molar-refractivity contribution in [2.24, 2.45) is 0 Å². The summed E-state index contributed by atoms with van der Waals surface area (Å²) in [4.78, 5) is 35.7. The van der Waals surface area contributed by atoms with E-state index in [0.29, 0.717) is 17.0 Å². The van der Waals surface area contributed by atoms with Crippen LogP contribution in [0.3, 0.4) is 0 Å². The number of carbonyl (C=O) groups excluding carboxylic acids is 3. The highest BCUT2D eigenvalue weighted by Crippen LogP contribution is 2.24. The molecule has 2 aromatic rings. The van der Waals surface area contributed by atoms with Crippen LogP contribution in [0.1, 0.15) is 34.6 Å². The lowest BCUT2D eigenvalue weighted by Gasteiger charge is -2.14. The van der Waals surface area contributed by atoms with Crippen LogP contribution in [0.2, 0.25) is 0 Å². The van der Waals surface area contributed by atoms with Gasteiger partial charge in [-0.05, 0) is 38.1 Å². The number of ketones is 1. The molecule has 2 aromatic carbocycles. The molecule has 0 heterocycles.